The third kappa shape index (κ3) is 5.91. The Hall–Kier alpha value is -0.610. The second-order valence-electron chi connectivity index (χ2n) is 5.06. The predicted octanol–water partition coefficient (Wildman–Crippen LogP) is 3.09. The van der Waals surface area contributed by atoms with E-state index in [0.717, 1.165) is 31.0 Å². The molecule has 0 aliphatic heterocycles. The quantitative estimate of drug-likeness (QED) is 0.746. The van der Waals surface area contributed by atoms with Gasteiger partial charge in [-0.15, -0.1) is 0 Å². The third-order valence-electron chi connectivity index (χ3n) is 3.46. The highest BCUT2D eigenvalue weighted by atomic mass is 35.5. The molecular formula is C15H25ClN2O. The first-order valence-corrected chi connectivity index (χ1v) is 7.12. The maximum Gasteiger partial charge on any atom is 0.0462 e. The Balaban J connectivity index is 2.43. The van der Waals surface area contributed by atoms with E-state index in [1.807, 2.05) is 12.1 Å². The highest BCUT2D eigenvalue weighted by molar-refractivity contribution is 6.30. The summed E-state index contributed by atoms with van der Waals surface area (Å²) in [7, 11) is 3.83. The lowest BCUT2D eigenvalue weighted by Gasteiger charge is -2.28. The minimum absolute atomic E-state index is 0.190. The molecule has 108 valence electrons. The van der Waals surface area contributed by atoms with Crippen molar-refractivity contribution in [3.05, 3.63) is 34.9 Å². The van der Waals surface area contributed by atoms with Crippen LogP contribution in [0.1, 0.15) is 31.4 Å². The Kier molecular flexibility index (Phi) is 7.39. The zero-order valence-electron chi connectivity index (χ0n) is 12.1. The lowest BCUT2D eigenvalue weighted by Crippen LogP contribution is -2.36. The summed E-state index contributed by atoms with van der Waals surface area (Å²) in [5.74, 6) is 0. The van der Waals surface area contributed by atoms with Gasteiger partial charge in [-0.25, -0.2) is 0 Å². The second kappa shape index (κ2) is 8.54. The molecule has 0 radical (unpaired) electrons. The Morgan fingerprint density at radius 1 is 1.32 bits per heavy atom. The molecule has 1 aromatic rings. The van der Waals surface area contributed by atoms with E-state index in [2.05, 4.69) is 31.0 Å². The Labute approximate surface area is 121 Å². The number of ether oxygens (including phenoxy) is 1. The van der Waals surface area contributed by atoms with Crippen molar-refractivity contribution >= 4 is 11.6 Å². The van der Waals surface area contributed by atoms with E-state index < -0.39 is 0 Å². The largest absolute Gasteiger partial charge is 0.385 e. The van der Waals surface area contributed by atoms with Gasteiger partial charge in [0, 0.05) is 37.4 Å². The number of benzene rings is 1. The van der Waals surface area contributed by atoms with Gasteiger partial charge in [0.05, 0.1) is 0 Å². The fourth-order valence-electron chi connectivity index (χ4n) is 2.10. The standard InChI is InChI=1S/C15H25ClN2O/c1-12(13-6-8-14(16)9-7-13)18(2)11-15(17)5-4-10-19-3/h6-9,12,15H,4-5,10-11,17H2,1-3H3. The number of hydrogen-bond donors (Lipinski definition) is 1. The Morgan fingerprint density at radius 2 is 1.95 bits per heavy atom. The van der Waals surface area contributed by atoms with Crippen LogP contribution >= 0.6 is 11.6 Å². The van der Waals surface area contributed by atoms with E-state index in [1.54, 1.807) is 7.11 Å². The SMILES string of the molecule is COCCCC(N)CN(C)C(C)c1ccc(Cl)cc1. The van der Waals surface area contributed by atoms with Crippen LogP contribution in [-0.4, -0.2) is 38.3 Å². The van der Waals surface area contributed by atoms with E-state index in [0.29, 0.717) is 6.04 Å². The first kappa shape index (κ1) is 16.4. The van der Waals surface area contributed by atoms with Gasteiger partial charge in [0.1, 0.15) is 0 Å². The molecule has 0 spiro atoms. The topological polar surface area (TPSA) is 38.5 Å². The molecule has 2 N–H and O–H groups in total. The van der Waals surface area contributed by atoms with E-state index in [1.165, 1.54) is 5.56 Å². The number of hydrogen-bond acceptors (Lipinski definition) is 3. The van der Waals surface area contributed by atoms with Crippen molar-refractivity contribution in [1.82, 2.24) is 4.90 Å². The van der Waals surface area contributed by atoms with Crippen molar-refractivity contribution < 1.29 is 4.74 Å². The molecule has 3 nitrogen and oxygen atoms in total. The van der Waals surface area contributed by atoms with Gasteiger partial charge in [0.25, 0.3) is 0 Å². The normalized spacial score (nSPS) is 14.6. The summed E-state index contributed by atoms with van der Waals surface area (Å²) in [6.45, 7) is 3.85. The van der Waals surface area contributed by atoms with Gasteiger partial charge < -0.3 is 10.5 Å². The molecule has 0 aromatic heterocycles. The maximum absolute atomic E-state index is 6.14. The molecule has 0 bridgehead atoms. The minimum Gasteiger partial charge on any atom is -0.385 e. The average Bonchev–Trinajstić information content (AvgIpc) is 2.39. The second-order valence-corrected chi connectivity index (χ2v) is 5.50. The molecule has 0 heterocycles. The smallest absolute Gasteiger partial charge is 0.0462 e. The van der Waals surface area contributed by atoms with Crippen molar-refractivity contribution in [3.8, 4) is 0 Å². The zero-order chi connectivity index (χ0) is 14.3. The molecule has 2 atom stereocenters. The van der Waals surface area contributed by atoms with Gasteiger partial charge in [-0.1, -0.05) is 23.7 Å². The number of nitrogens with zero attached hydrogens (tertiary/aromatic N) is 1. The van der Waals surface area contributed by atoms with Crippen LogP contribution < -0.4 is 5.73 Å². The van der Waals surface area contributed by atoms with Crippen LogP contribution in [0.25, 0.3) is 0 Å². The van der Waals surface area contributed by atoms with Gasteiger partial charge in [0.15, 0.2) is 0 Å². The lowest BCUT2D eigenvalue weighted by molar-refractivity contribution is 0.183. The number of nitrogens with two attached hydrogens (primary N) is 1. The maximum atomic E-state index is 6.14. The number of likely N-dealkylation sites (N-methyl/N-ethyl adjacent to an activating group) is 1. The molecule has 1 rings (SSSR count). The minimum atomic E-state index is 0.190. The summed E-state index contributed by atoms with van der Waals surface area (Å²) in [5.41, 5.74) is 7.40. The molecular weight excluding hydrogens is 260 g/mol. The highest BCUT2D eigenvalue weighted by Crippen LogP contribution is 2.21. The van der Waals surface area contributed by atoms with Crippen LogP contribution in [0, 0.1) is 0 Å². The highest BCUT2D eigenvalue weighted by Gasteiger charge is 2.14. The first-order chi connectivity index (χ1) is 9.04. The van der Waals surface area contributed by atoms with Crippen molar-refractivity contribution in [3.63, 3.8) is 0 Å². The van der Waals surface area contributed by atoms with E-state index in [-0.39, 0.29) is 6.04 Å². The molecule has 0 saturated carbocycles. The van der Waals surface area contributed by atoms with Crippen LogP contribution in [0.5, 0.6) is 0 Å². The van der Waals surface area contributed by atoms with Gasteiger partial charge >= 0.3 is 0 Å². The van der Waals surface area contributed by atoms with Crippen molar-refractivity contribution in [2.75, 3.05) is 27.3 Å². The van der Waals surface area contributed by atoms with Crippen molar-refractivity contribution in [1.29, 1.82) is 0 Å². The van der Waals surface area contributed by atoms with Gasteiger partial charge in [-0.05, 0) is 44.5 Å². The monoisotopic (exact) mass is 284 g/mol. The third-order valence-corrected chi connectivity index (χ3v) is 3.71. The first-order valence-electron chi connectivity index (χ1n) is 6.74. The fourth-order valence-corrected chi connectivity index (χ4v) is 2.23. The zero-order valence-corrected chi connectivity index (χ0v) is 12.9. The number of methoxy groups -OCH3 is 1. The molecule has 2 unspecified atom stereocenters. The summed E-state index contributed by atoms with van der Waals surface area (Å²) in [5, 5.41) is 0.773. The van der Waals surface area contributed by atoms with Crippen molar-refractivity contribution in [2.24, 2.45) is 5.73 Å². The molecule has 0 amide bonds. The molecule has 0 fully saturated rings. The summed E-state index contributed by atoms with van der Waals surface area (Å²) in [4.78, 5) is 2.28. The number of halogens is 1. The predicted molar refractivity (Wildman–Crippen MR) is 81.6 cm³/mol. The lowest BCUT2D eigenvalue weighted by atomic mass is 10.1. The molecule has 4 heteroatoms. The molecule has 1 aromatic carbocycles. The van der Waals surface area contributed by atoms with Gasteiger partial charge in [-0.3, -0.25) is 4.90 Å². The van der Waals surface area contributed by atoms with Crippen molar-refractivity contribution in [2.45, 2.75) is 31.8 Å². The van der Waals surface area contributed by atoms with Crippen LogP contribution in [0.15, 0.2) is 24.3 Å². The van der Waals surface area contributed by atoms with E-state index in [4.69, 9.17) is 22.1 Å². The molecule has 0 aliphatic carbocycles. The van der Waals surface area contributed by atoms with E-state index in [9.17, 15) is 0 Å². The van der Waals surface area contributed by atoms with Crippen LogP contribution in [-0.2, 0) is 4.74 Å². The summed E-state index contributed by atoms with van der Waals surface area (Å²) in [6, 6.07) is 8.53. The average molecular weight is 285 g/mol. The van der Waals surface area contributed by atoms with E-state index >= 15 is 0 Å². The molecule has 0 saturated heterocycles. The number of rotatable bonds is 8. The summed E-state index contributed by atoms with van der Waals surface area (Å²) >= 11 is 5.91. The fraction of sp³-hybridized carbons (Fsp3) is 0.600. The molecule has 19 heavy (non-hydrogen) atoms. The summed E-state index contributed by atoms with van der Waals surface area (Å²) < 4.78 is 5.04. The summed E-state index contributed by atoms with van der Waals surface area (Å²) in [6.07, 6.45) is 2.01. The van der Waals surface area contributed by atoms with Gasteiger partial charge in [-0.2, -0.15) is 0 Å². The Bertz CT molecular complexity index is 356. The van der Waals surface area contributed by atoms with Crippen LogP contribution in [0.3, 0.4) is 0 Å². The van der Waals surface area contributed by atoms with Crippen LogP contribution in [0.4, 0.5) is 0 Å². The molecule has 0 aliphatic rings. The van der Waals surface area contributed by atoms with Crippen LogP contribution in [0.2, 0.25) is 5.02 Å². The van der Waals surface area contributed by atoms with Gasteiger partial charge in [0.2, 0.25) is 0 Å². The Morgan fingerprint density at radius 3 is 2.53 bits per heavy atom.